The molecule has 6 aliphatic rings. The number of rotatable bonds is 4. The maximum Gasteiger partial charge on any atom is 0.311 e. The fourth-order valence-electron chi connectivity index (χ4n) is 5.64. The normalized spacial score (nSPS) is 59.7. The van der Waals surface area contributed by atoms with Gasteiger partial charge in [0.25, 0.3) is 0 Å². The summed E-state index contributed by atoms with van der Waals surface area (Å²) in [4.78, 5) is 3.75. The summed E-state index contributed by atoms with van der Waals surface area (Å²) in [6.45, 7) is -1.51. The van der Waals surface area contributed by atoms with Crippen molar-refractivity contribution in [2.45, 2.75) is 78.5 Å². The Bertz CT molecular complexity index is 834. The van der Waals surface area contributed by atoms with Gasteiger partial charge in [0.05, 0.1) is 19.1 Å². The number of hydrogen-bond acceptors (Lipinski definition) is 16. The second kappa shape index (κ2) is 7.37. The third-order valence-electron chi connectivity index (χ3n) is 7.29. The number of hydrogen-bond donors (Lipinski definition) is 11. The van der Waals surface area contributed by atoms with Crippen LogP contribution in [0.4, 0.5) is 0 Å². The predicted octanol–water partition coefficient (Wildman–Crippen LogP) is -7.70. The van der Waals surface area contributed by atoms with Crippen LogP contribution < -0.4 is 11.1 Å². The first-order valence-corrected chi connectivity index (χ1v) is 10.3. The highest BCUT2D eigenvalue weighted by atomic mass is 16.9. The van der Waals surface area contributed by atoms with E-state index in [1.807, 2.05) is 0 Å². The van der Waals surface area contributed by atoms with Crippen LogP contribution in [0.5, 0.6) is 0 Å². The molecule has 0 aromatic heterocycles. The largest absolute Gasteiger partial charge is 0.394 e. The number of nitrogens with two attached hydrogens (primary N) is 1. The lowest BCUT2D eigenvalue weighted by molar-refractivity contribution is -0.549. The van der Waals surface area contributed by atoms with Crippen molar-refractivity contribution in [3.05, 3.63) is 0 Å². The Morgan fingerprint density at radius 3 is 2.33 bits per heavy atom. The van der Waals surface area contributed by atoms with Crippen molar-refractivity contribution in [3.63, 3.8) is 0 Å². The maximum absolute atomic E-state index is 11.5. The first-order chi connectivity index (χ1) is 15.4. The van der Waals surface area contributed by atoms with Gasteiger partial charge in [-0.05, 0) is 0 Å². The molecule has 16 nitrogen and oxygen atoms in total. The first-order valence-electron chi connectivity index (χ1n) is 10.3. The molecule has 0 radical (unpaired) electrons. The molecule has 14 atom stereocenters. The molecule has 4 bridgehead atoms. The average Bonchev–Trinajstić information content (AvgIpc) is 2.75. The fourth-order valence-corrected chi connectivity index (χ4v) is 5.64. The van der Waals surface area contributed by atoms with Crippen molar-refractivity contribution in [1.29, 1.82) is 0 Å². The van der Waals surface area contributed by atoms with Crippen LogP contribution in [0.15, 0.2) is 4.99 Å². The van der Waals surface area contributed by atoms with Gasteiger partial charge in [0.15, 0.2) is 24.6 Å². The zero-order valence-corrected chi connectivity index (χ0v) is 16.9. The van der Waals surface area contributed by atoms with Crippen molar-refractivity contribution in [3.8, 4) is 0 Å². The Labute approximate surface area is 185 Å². The topological polar surface area (TPSA) is 269 Å². The van der Waals surface area contributed by atoms with E-state index in [2.05, 4.69) is 10.3 Å². The first kappa shape index (κ1) is 23.5. The summed E-state index contributed by atoms with van der Waals surface area (Å²) in [5.74, 6) is -4.35. The number of nitrogens with zero attached hydrogens (tertiary/aromatic N) is 1. The molecule has 1 aliphatic carbocycles. The number of aliphatic imine (C=N–C) groups is 1. The second-order valence-electron chi connectivity index (χ2n) is 9.07. The molecule has 1 spiro atoms. The Morgan fingerprint density at radius 2 is 1.67 bits per heavy atom. The second-order valence-corrected chi connectivity index (χ2v) is 9.07. The van der Waals surface area contributed by atoms with E-state index in [1.54, 1.807) is 0 Å². The molecule has 5 heterocycles. The van der Waals surface area contributed by atoms with Crippen LogP contribution in [0, 0.1) is 5.92 Å². The lowest BCUT2D eigenvalue weighted by atomic mass is 9.55. The van der Waals surface area contributed by atoms with Gasteiger partial charge < -0.3 is 76.0 Å². The van der Waals surface area contributed by atoms with Crippen LogP contribution in [-0.4, -0.2) is 144 Å². The number of ether oxygens (including phenoxy) is 4. The molecule has 6 rings (SSSR count). The number of nitrogens with one attached hydrogen (secondary N) is 1. The molecule has 1 saturated carbocycles. The molecule has 12 N–H and O–H groups in total. The lowest BCUT2D eigenvalue weighted by Gasteiger charge is -2.71. The SMILES string of the molecule is NC1=NC(O)C2[C@@H]3O[C@]4(O)OC([C@@H](O)C2(N1)[C@@H]4O)C3(O)COC1OC(CO)C(O)C(O)C1O. The van der Waals surface area contributed by atoms with Crippen molar-refractivity contribution >= 4 is 5.96 Å². The molecule has 188 valence electrons. The van der Waals surface area contributed by atoms with E-state index in [0.29, 0.717) is 0 Å². The third-order valence-corrected chi connectivity index (χ3v) is 7.29. The van der Waals surface area contributed by atoms with Crippen LogP contribution in [0.2, 0.25) is 0 Å². The highest BCUT2D eigenvalue weighted by molar-refractivity contribution is 5.80. The van der Waals surface area contributed by atoms with Crippen LogP contribution in [-0.2, 0) is 18.9 Å². The smallest absolute Gasteiger partial charge is 0.311 e. The predicted molar refractivity (Wildman–Crippen MR) is 98.4 cm³/mol. The standard InChI is InChI=1S/C17H27N3O13/c18-14-19-11(26)4-9-15(28,2-30-12-7(24)6(23)5(22)3(1-21)31-12)10-8(25)16(4,20-14)13(27)17(29,32-9)33-10/h3-13,21-29H,1-2H2,(H3,18,19,20)/t3?,4?,5?,6?,7?,8-,9+,10?,11?,12?,13+,15?,16?,17+/m1/s1. The molecule has 10 unspecified atom stereocenters. The Morgan fingerprint density at radius 1 is 1.00 bits per heavy atom. The molecule has 5 aliphatic heterocycles. The lowest BCUT2D eigenvalue weighted by Crippen LogP contribution is -2.95. The van der Waals surface area contributed by atoms with Gasteiger partial charge in [-0.2, -0.15) is 0 Å². The Balaban J connectivity index is 1.45. The molecule has 16 heteroatoms. The molecule has 0 aromatic rings. The highest BCUT2D eigenvalue weighted by Crippen LogP contribution is 2.58. The van der Waals surface area contributed by atoms with Crippen molar-refractivity contribution in [2.24, 2.45) is 16.6 Å². The minimum Gasteiger partial charge on any atom is -0.394 e. The van der Waals surface area contributed by atoms with E-state index in [-0.39, 0.29) is 5.96 Å². The third kappa shape index (κ3) is 2.89. The van der Waals surface area contributed by atoms with Gasteiger partial charge >= 0.3 is 5.97 Å². The summed E-state index contributed by atoms with van der Waals surface area (Å²) in [5, 5.41) is 96.5. The molecule has 5 fully saturated rings. The summed E-state index contributed by atoms with van der Waals surface area (Å²) in [5.41, 5.74) is 1.47. The van der Waals surface area contributed by atoms with E-state index in [4.69, 9.17) is 24.7 Å². The average molecular weight is 481 g/mol. The Kier molecular flexibility index (Phi) is 5.25. The molecule has 0 aromatic carbocycles. The zero-order chi connectivity index (χ0) is 24.1. The fraction of sp³-hybridized carbons (Fsp3) is 0.941. The van der Waals surface area contributed by atoms with Crippen LogP contribution >= 0.6 is 0 Å². The number of guanidine groups is 1. The van der Waals surface area contributed by atoms with Gasteiger partial charge in [-0.25, -0.2) is 4.99 Å². The quantitative estimate of drug-likeness (QED) is 0.178. The molecular formula is C17H27N3O13. The molecule has 4 saturated heterocycles. The van der Waals surface area contributed by atoms with Crippen molar-refractivity contribution in [1.82, 2.24) is 5.32 Å². The maximum atomic E-state index is 11.5. The van der Waals surface area contributed by atoms with Gasteiger partial charge in [0.1, 0.15) is 53.9 Å². The summed E-state index contributed by atoms with van der Waals surface area (Å²) in [6, 6.07) is 0. The highest BCUT2D eigenvalue weighted by Gasteiger charge is 2.83. The van der Waals surface area contributed by atoms with E-state index in [9.17, 15) is 46.0 Å². The molecular weight excluding hydrogens is 454 g/mol. The Hall–Kier alpha value is -1.25. The van der Waals surface area contributed by atoms with Crippen molar-refractivity contribution < 1.29 is 64.9 Å². The summed E-state index contributed by atoms with van der Waals surface area (Å²) in [7, 11) is 0. The van der Waals surface area contributed by atoms with E-state index >= 15 is 0 Å². The summed E-state index contributed by atoms with van der Waals surface area (Å²) < 4.78 is 21.4. The van der Waals surface area contributed by atoms with Gasteiger partial charge in [0.2, 0.25) is 0 Å². The summed E-state index contributed by atoms with van der Waals surface area (Å²) in [6.07, 6.45) is -16.7. The van der Waals surface area contributed by atoms with E-state index in [0.717, 1.165) is 0 Å². The summed E-state index contributed by atoms with van der Waals surface area (Å²) >= 11 is 0. The van der Waals surface area contributed by atoms with Crippen LogP contribution in [0.1, 0.15) is 0 Å². The number of aliphatic hydroxyl groups excluding tert-OH is 7. The monoisotopic (exact) mass is 481 g/mol. The minimum absolute atomic E-state index is 0.330. The van der Waals surface area contributed by atoms with Crippen molar-refractivity contribution in [2.75, 3.05) is 13.2 Å². The van der Waals surface area contributed by atoms with E-state index < -0.39 is 97.6 Å². The van der Waals surface area contributed by atoms with Gasteiger partial charge in [-0.3, -0.25) is 0 Å². The molecule has 0 amide bonds. The van der Waals surface area contributed by atoms with E-state index in [1.165, 1.54) is 0 Å². The van der Waals surface area contributed by atoms with Crippen LogP contribution in [0.3, 0.4) is 0 Å². The minimum atomic E-state index is -2.68. The van der Waals surface area contributed by atoms with Gasteiger partial charge in [-0.15, -0.1) is 0 Å². The number of aliphatic hydroxyl groups is 9. The van der Waals surface area contributed by atoms with Crippen LogP contribution in [0.25, 0.3) is 0 Å². The van der Waals surface area contributed by atoms with Gasteiger partial charge in [-0.1, -0.05) is 0 Å². The zero-order valence-electron chi connectivity index (χ0n) is 16.9. The van der Waals surface area contributed by atoms with Gasteiger partial charge in [0, 0.05) is 0 Å². The molecule has 33 heavy (non-hydrogen) atoms.